The van der Waals surface area contributed by atoms with E-state index in [-0.39, 0.29) is 5.91 Å². The Morgan fingerprint density at radius 3 is 2.45 bits per heavy atom. The third kappa shape index (κ3) is 1.90. The molecular formula is C19H16N2O. The van der Waals surface area contributed by atoms with Crippen LogP contribution in [0.5, 0.6) is 0 Å². The van der Waals surface area contributed by atoms with E-state index >= 15 is 0 Å². The highest BCUT2D eigenvalue weighted by Crippen LogP contribution is 2.37. The number of nitrogens with zero attached hydrogens (tertiary/aromatic N) is 1. The van der Waals surface area contributed by atoms with Crippen LogP contribution >= 0.6 is 0 Å². The van der Waals surface area contributed by atoms with E-state index in [4.69, 9.17) is 5.73 Å². The normalized spacial score (nSPS) is 13.1. The summed E-state index contributed by atoms with van der Waals surface area (Å²) in [6.45, 7) is 1.08. The van der Waals surface area contributed by atoms with Crippen LogP contribution in [0.4, 0.5) is 5.69 Å². The third-order valence-corrected chi connectivity index (χ3v) is 4.22. The lowest BCUT2D eigenvalue weighted by Crippen LogP contribution is -2.26. The molecule has 3 aromatic carbocycles. The summed E-state index contributed by atoms with van der Waals surface area (Å²) in [7, 11) is 0. The molecule has 3 nitrogen and oxygen atoms in total. The summed E-state index contributed by atoms with van der Waals surface area (Å²) in [5, 5.41) is 2.17. The molecule has 3 aromatic rings. The fourth-order valence-electron chi connectivity index (χ4n) is 3.17. The van der Waals surface area contributed by atoms with E-state index in [0.29, 0.717) is 13.1 Å². The van der Waals surface area contributed by atoms with E-state index in [1.165, 1.54) is 0 Å². The van der Waals surface area contributed by atoms with Crippen LogP contribution in [-0.2, 0) is 13.1 Å². The van der Waals surface area contributed by atoms with Gasteiger partial charge in [-0.3, -0.25) is 4.79 Å². The van der Waals surface area contributed by atoms with E-state index in [1.807, 2.05) is 59.5 Å². The highest BCUT2D eigenvalue weighted by molar-refractivity contribution is 6.24. The number of rotatable bonds is 3. The van der Waals surface area contributed by atoms with Crippen molar-refractivity contribution in [3.05, 3.63) is 77.4 Å². The molecule has 1 aliphatic heterocycles. The predicted molar refractivity (Wildman–Crippen MR) is 88.8 cm³/mol. The second-order valence-corrected chi connectivity index (χ2v) is 5.60. The molecule has 3 heteroatoms. The summed E-state index contributed by atoms with van der Waals surface area (Å²) in [5.41, 5.74) is 9.68. The molecule has 0 spiro atoms. The number of hydrogen-bond donors (Lipinski definition) is 1. The first-order valence-corrected chi connectivity index (χ1v) is 7.39. The van der Waals surface area contributed by atoms with E-state index in [0.717, 1.165) is 33.2 Å². The van der Waals surface area contributed by atoms with Gasteiger partial charge in [-0.25, -0.2) is 0 Å². The Hall–Kier alpha value is -2.65. The molecule has 2 N–H and O–H groups in total. The second-order valence-electron chi connectivity index (χ2n) is 5.60. The molecule has 1 amide bonds. The zero-order valence-electron chi connectivity index (χ0n) is 12.1. The Balaban J connectivity index is 1.78. The lowest BCUT2D eigenvalue weighted by molar-refractivity contribution is 0.0991. The molecule has 0 aliphatic carbocycles. The monoisotopic (exact) mass is 288 g/mol. The van der Waals surface area contributed by atoms with E-state index in [1.54, 1.807) is 0 Å². The summed E-state index contributed by atoms with van der Waals surface area (Å²) >= 11 is 0. The molecule has 0 fully saturated rings. The molecular weight excluding hydrogens is 272 g/mol. The van der Waals surface area contributed by atoms with Gasteiger partial charge in [-0.05, 0) is 28.6 Å². The SMILES string of the molecule is NCc1cccc(CN2C(=O)c3cccc4cccc2c34)c1. The van der Waals surface area contributed by atoms with Crippen LogP contribution in [-0.4, -0.2) is 5.91 Å². The number of benzene rings is 3. The van der Waals surface area contributed by atoms with Gasteiger partial charge in [-0.15, -0.1) is 0 Å². The molecule has 0 saturated heterocycles. The fourth-order valence-corrected chi connectivity index (χ4v) is 3.17. The third-order valence-electron chi connectivity index (χ3n) is 4.22. The Kier molecular flexibility index (Phi) is 2.94. The smallest absolute Gasteiger partial charge is 0.259 e. The highest BCUT2D eigenvalue weighted by atomic mass is 16.2. The van der Waals surface area contributed by atoms with Crippen molar-refractivity contribution in [3.8, 4) is 0 Å². The maximum absolute atomic E-state index is 12.7. The summed E-state index contributed by atoms with van der Waals surface area (Å²) in [6, 6.07) is 20.1. The Morgan fingerprint density at radius 2 is 1.64 bits per heavy atom. The quantitative estimate of drug-likeness (QED) is 0.802. The molecule has 0 atom stereocenters. The van der Waals surface area contributed by atoms with Crippen LogP contribution in [0.3, 0.4) is 0 Å². The van der Waals surface area contributed by atoms with Crippen molar-refractivity contribution in [3.63, 3.8) is 0 Å². The topological polar surface area (TPSA) is 46.3 Å². The summed E-state index contributed by atoms with van der Waals surface area (Å²) in [5.74, 6) is 0.0740. The van der Waals surface area contributed by atoms with Gasteiger partial charge in [0, 0.05) is 17.5 Å². The van der Waals surface area contributed by atoms with Crippen molar-refractivity contribution < 1.29 is 4.79 Å². The van der Waals surface area contributed by atoms with Crippen LogP contribution in [0.15, 0.2) is 60.7 Å². The minimum Gasteiger partial charge on any atom is -0.326 e. The van der Waals surface area contributed by atoms with Gasteiger partial charge in [0.25, 0.3) is 5.91 Å². The second kappa shape index (κ2) is 4.97. The zero-order valence-corrected chi connectivity index (χ0v) is 12.1. The molecule has 1 heterocycles. The van der Waals surface area contributed by atoms with Crippen LogP contribution in [0, 0.1) is 0 Å². The number of carbonyl (C=O) groups excluding carboxylic acids is 1. The Morgan fingerprint density at radius 1 is 0.909 bits per heavy atom. The minimum absolute atomic E-state index is 0.0740. The van der Waals surface area contributed by atoms with Gasteiger partial charge in [0.1, 0.15) is 0 Å². The van der Waals surface area contributed by atoms with Crippen molar-refractivity contribution in [1.82, 2.24) is 0 Å². The lowest BCUT2D eigenvalue weighted by Gasteiger charge is -2.18. The van der Waals surface area contributed by atoms with E-state index < -0.39 is 0 Å². The number of hydrogen-bond acceptors (Lipinski definition) is 2. The molecule has 4 rings (SSSR count). The van der Waals surface area contributed by atoms with Gasteiger partial charge in [0.2, 0.25) is 0 Å². The maximum Gasteiger partial charge on any atom is 0.259 e. The largest absolute Gasteiger partial charge is 0.326 e. The van der Waals surface area contributed by atoms with Crippen molar-refractivity contribution in [2.75, 3.05) is 4.90 Å². The molecule has 22 heavy (non-hydrogen) atoms. The van der Waals surface area contributed by atoms with Gasteiger partial charge in [-0.1, -0.05) is 48.5 Å². The number of amides is 1. The first-order valence-electron chi connectivity index (χ1n) is 7.39. The average molecular weight is 288 g/mol. The van der Waals surface area contributed by atoms with Gasteiger partial charge < -0.3 is 10.6 Å². The minimum atomic E-state index is 0.0740. The number of carbonyl (C=O) groups is 1. The summed E-state index contributed by atoms with van der Waals surface area (Å²) in [6.07, 6.45) is 0. The number of anilines is 1. The van der Waals surface area contributed by atoms with Crippen molar-refractivity contribution >= 4 is 22.4 Å². The summed E-state index contributed by atoms with van der Waals surface area (Å²) < 4.78 is 0. The van der Waals surface area contributed by atoms with Gasteiger partial charge in [0.05, 0.1) is 12.2 Å². The molecule has 1 aliphatic rings. The zero-order chi connectivity index (χ0) is 15.1. The van der Waals surface area contributed by atoms with Crippen LogP contribution in [0.25, 0.3) is 10.8 Å². The number of nitrogens with two attached hydrogens (primary N) is 1. The standard InChI is InChI=1S/C19H16N2O/c20-11-13-4-1-5-14(10-13)12-21-17-9-3-7-15-6-2-8-16(18(15)17)19(21)22/h1-10H,11-12,20H2. The molecule has 0 saturated carbocycles. The van der Waals surface area contributed by atoms with E-state index in [9.17, 15) is 4.79 Å². The van der Waals surface area contributed by atoms with Crippen LogP contribution in [0.2, 0.25) is 0 Å². The average Bonchev–Trinajstić information content (AvgIpc) is 2.83. The molecule has 0 bridgehead atoms. The van der Waals surface area contributed by atoms with Gasteiger partial charge >= 0.3 is 0 Å². The molecule has 0 radical (unpaired) electrons. The first-order chi connectivity index (χ1) is 10.8. The Bertz CT molecular complexity index is 880. The Labute approximate surface area is 129 Å². The van der Waals surface area contributed by atoms with E-state index in [2.05, 4.69) is 6.07 Å². The van der Waals surface area contributed by atoms with Gasteiger partial charge in [-0.2, -0.15) is 0 Å². The van der Waals surface area contributed by atoms with Crippen LogP contribution in [0.1, 0.15) is 21.5 Å². The lowest BCUT2D eigenvalue weighted by atomic mass is 10.1. The fraction of sp³-hybridized carbons (Fsp3) is 0.105. The van der Waals surface area contributed by atoms with Crippen molar-refractivity contribution in [1.29, 1.82) is 0 Å². The van der Waals surface area contributed by atoms with Crippen molar-refractivity contribution in [2.24, 2.45) is 5.73 Å². The molecule has 0 unspecified atom stereocenters. The van der Waals surface area contributed by atoms with Gasteiger partial charge in [0.15, 0.2) is 0 Å². The predicted octanol–water partition coefficient (Wildman–Crippen LogP) is 3.46. The summed E-state index contributed by atoms with van der Waals surface area (Å²) in [4.78, 5) is 14.6. The van der Waals surface area contributed by atoms with Crippen LogP contribution < -0.4 is 10.6 Å². The molecule has 108 valence electrons. The maximum atomic E-state index is 12.7. The highest BCUT2D eigenvalue weighted by Gasteiger charge is 2.29. The van der Waals surface area contributed by atoms with Crippen molar-refractivity contribution in [2.45, 2.75) is 13.1 Å². The molecule has 0 aromatic heterocycles. The first kappa shape index (κ1) is 13.0.